The highest BCUT2D eigenvalue weighted by molar-refractivity contribution is 5.84. The standard InChI is InChI=1S/C30H41N3O6/c1-21(24-14-16-25(17-15-24)37-19-23-12-13-23)33(29(36)39-30(2,3)4)26(27(31)34)11-8-18-32-28(35)38-20-22-9-6-5-7-10-22/h5-7,9-10,14-17,21,23,26H,8,11-13,18-20H2,1-4H3,(H2,31,34)(H,32,35)/t21-,26-/m1/s1. The Hall–Kier alpha value is -3.75. The molecule has 2 atom stereocenters. The van der Waals surface area contributed by atoms with Gasteiger partial charge in [-0.1, -0.05) is 42.5 Å². The van der Waals surface area contributed by atoms with Gasteiger partial charge in [-0.05, 0) is 82.6 Å². The van der Waals surface area contributed by atoms with Gasteiger partial charge in [0, 0.05) is 6.54 Å². The van der Waals surface area contributed by atoms with E-state index in [1.54, 1.807) is 20.8 Å². The predicted molar refractivity (Wildman–Crippen MR) is 148 cm³/mol. The first kappa shape index (κ1) is 29.8. The van der Waals surface area contributed by atoms with Crippen LogP contribution in [0.4, 0.5) is 9.59 Å². The summed E-state index contributed by atoms with van der Waals surface area (Å²) in [6.07, 6.45) is 1.85. The fraction of sp³-hybridized carbons (Fsp3) is 0.500. The van der Waals surface area contributed by atoms with Crippen molar-refractivity contribution < 1.29 is 28.6 Å². The van der Waals surface area contributed by atoms with Crippen LogP contribution in [0, 0.1) is 5.92 Å². The summed E-state index contributed by atoms with van der Waals surface area (Å²) in [6.45, 7) is 8.25. The highest BCUT2D eigenvalue weighted by atomic mass is 16.6. The van der Waals surface area contributed by atoms with E-state index in [2.05, 4.69) is 5.32 Å². The number of benzene rings is 2. The van der Waals surface area contributed by atoms with Gasteiger partial charge in [0.15, 0.2) is 0 Å². The van der Waals surface area contributed by atoms with Crippen molar-refractivity contribution in [2.24, 2.45) is 11.7 Å². The van der Waals surface area contributed by atoms with Crippen LogP contribution >= 0.6 is 0 Å². The Labute approximate surface area is 231 Å². The second-order valence-corrected chi connectivity index (χ2v) is 10.9. The molecule has 0 bridgehead atoms. The number of amides is 3. The Balaban J connectivity index is 1.62. The highest BCUT2D eigenvalue weighted by Gasteiger charge is 2.35. The van der Waals surface area contributed by atoms with Crippen molar-refractivity contribution >= 4 is 18.1 Å². The summed E-state index contributed by atoms with van der Waals surface area (Å²) in [7, 11) is 0. The molecule has 1 aliphatic rings. The molecule has 0 saturated heterocycles. The molecule has 0 heterocycles. The van der Waals surface area contributed by atoms with Crippen molar-refractivity contribution in [1.82, 2.24) is 10.2 Å². The minimum absolute atomic E-state index is 0.158. The van der Waals surface area contributed by atoms with Crippen LogP contribution in [0.2, 0.25) is 0 Å². The Morgan fingerprint density at radius 1 is 1.05 bits per heavy atom. The molecule has 1 saturated carbocycles. The molecule has 0 aliphatic heterocycles. The molecule has 3 N–H and O–H groups in total. The van der Waals surface area contributed by atoms with Gasteiger partial charge in [-0.15, -0.1) is 0 Å². The van der Waals surface area contributed by atoms with Gasteiger partial charge >= 0.3 is 12.2 Å². The second-order valence-electron chi connectivity index (χ2n) is 10.9. The number of primary amides is 1. The first-order chi connectivity index (χ1) is 18.5. The van der Waals surface area contributed by atoms with Crippen LogP contribution in [0.3, 0.4) is 0 Å². The Kier molecular flexibility index (Phi) is 10.6. The quantitative estimate of drug-likeness (QED) is 0.332. The number of alkyl carbamates (subject to hydrolysis) is 1. The fourth-order valence-electron chi connectivity index (χ4n) is 4.05. The molecule has 9 nitrogen and oxygen atoms in total. The molecule has 3 amide bonds. The third-order valence-electron chi connectivity index (χ3n) is 6.37. The highest BCUT2D eigenvalue weighted by Crippen LogP contribution is 2.31. The Morgan fingerprint density at radius 2 is 1.72 bits per heavy atom. The van der Waals surface area contributed by atoms with Gasteiger partial charge in [0.25, 0.3) is 0 Å². The molecule has 212 valence electrons. The number of hydrogen-bond acceptors (Lipinski definition) is 6. The van der Waals surface area contributed by atoms with Crippen LogP contribution in [-0.4, -0.2) is 47.8 Å². The molecule has 1 aliphatic carbocycles. The van der Waals surface area contributed by atoms with Gasteiger partial charge in [-0.2, -0.15) is 0 Å². The van der Waals surface area contributed by atoms with Crippen LogP contribution < -0.4 is 15.8 Å². The lowest BCUT2D eigenvalue weighted by Crippen LogP contribution is -2.50. The van der Waals surface area contributed by atoms with E-state index >= 15 is 0 Å². The zero-order valence-corrected chi connectivity index (χ0v) is 23.4. The van der Waals surface area contributed by atoms with Crippen molar-refractivity contribution in [2.45, 2.75) is 77.7 Å². The smallest absolute Gasteiger partial charge is 0.411 e. The van der Waals surface area contributed by atoms with Crippen LogP contribution in [0.5, 0.6) is 5.75 Å². The van der Waals surface area contributed by atoms with Crippen molar-refractivity contribution in [2.75, 3.05) is 13.2 Å². The minimum Gasteiger partial charge on any atom is -0.493 e. The topological polar surface area (TPSA) is 120 Å². The van der Waals surface area contributed by atoms with E-state index in [-0.39, 0.29) is 19.6 Å². The molecule has 0 unspecified atom stereocenters. The number of carbonyl (C=O) groups excluding carboxylic acids is 3. The number of rotatable bonds is 13. The predicted octanol–water partition coefficient (Wildman–Crippen LogP) is 5.33. The third-order valence-corrected chi connectivity index (χ3v) is 6.37. The van der Waals surface area contributed by atoms with Gasteiger partial charge in [0.05, 0.1) is 12.6 Å². The zero-order valence-electron chi connectivity index (χ0n) is 23.4. The SMILES string of the molecule is C[C@H](c1ccc(OCC2CC2)cc1)N(C(=O)OC(C)(C)C)[C@H](CCCNC(=O)OCc1ccccc1)C(N)=O. The largest absolute Gasteiger partial charge is 0.493 e. The van der Waals surface area contributed by atoms with E-state index in [9.17, 15) is 14.4 Å². The normalized spacial score (nSPS) is 14.6. The number of ether oxygens (including phenoxy) is 3. The average molecular weight is 540 g/mol. The maximum atomic E-state index is 13.3. The Morgan fingerprint density at radius 3 is 2.31 bits per heavy atom. The minimum atomic E-state index is -0.942. The van der Waals surface area contributed by atoms with Gasteiger partial charge in [-0.25, -0.2) is 9.59 Å². The number of nitrogens with two attached hydrogens (primary N) is 1. The molecule has 0 spiro atoms. The van der Waals surface area contributed by atoms with Crippen LogP contribution in [-0.2, 0) is 20.9 Å². The van der Waals surface area contributed by atoms with Crippen molar-refractivity contribution in [3.05, 3.63) is 65.7 Å². The molecular weight excluding hydrogens is 498 g/mol. The maximum absolute atomic E-state index is 13.3. The lowest BCUT2D eigenvalue weighted by molar-refractivity contribution is -0.124. The number of nitrogens with zero attached hydrogens (tertiary/aromatic N) is 1. The van der Waals surface area contributed by atoms with E-state index in [4.69, 9.17) is 19.9 Å². The molecule has 2 aromatic carbocycles. The number of carbonyl (C=O) groups is 3. The number of hydrogen-bond donors (Lipinski definition) is 2. The molecule has 1 fully saturated rings. The maximum Gasteiger partial charge on any atom is 0.411 e. The van der Waals surface area contributed by atoms with E-state index < -0.39 is 35.8 Å². The van der Waals surface area contributed by atoms with Crippen LogP contribution in [0.25, 0.3) is 0 Å². The fourth-order valence-corrected chi connectivity index (χ4v) is 4.05. The van der Waals surface area contributed by atoms with Crippen molar-refractivity contribution in [1.29, 1.82) is 0 Å². The molecule has 2 aromatic rings. The summed E-state index contributed by atoms with van der Waals surface area (Å²) in [5.41, 5.74) is 6.72. The molecule has 0 aromatic heterocycles. The molecule has 0 radical (unpaired) electrons. The molecule has 9 heteroatoms. The second kappa shape index (κ2) is 13.9. The summed E-state index contributed by atoms with van der Waals surface area (Å²) in [5, 5.41) is 2.68. The van der Waals surface area contributed by atoms with E-state index in [1.807, 2.05) is 61.5 Å². The molecular formula is C30H41N3O6. The summed E-state index contributed by atoms with van der Waals surface area (Å²) in [5.74, 6) is 0.755. The number of nitrogens with one attached hydrogen (secondary N) is 1. The zero-order chi connectivity index (χ0) is 28.4. The summed E-state index contributed by atoms with van der Waals surface area (Å²) >= 11 is 0. The van der Waals surface area contributed by atoms with Gasteiger partial charge < -0.3 is 25.3 Å². The average Bonchev–Trinajstić information content (AvgIpc) is 3.72. The van der Waals surface area contributed by atoms with Crippen LogP contribution in [0.15, 0.2) is 54.6 Å². The van der Waals surface area contributed by atoms with E-state index in [0.29, 0.717) is 18.9 Å². The summed E-state index contributed by atoms with van der Waals surface area (Å²) < 4.78 is 16.7. The van der Waals surface area contributed by atoms with Gasteiger partial charge in [0.1, 0.15) is 24.0 Å². The van der Waals surface area contributed by atoms with Crippen molar-refractivity contribution in [3.8, 4) is 5.75 Å². The lowest BCUT2D eigenvalue weighted by atomic mass is 10.0. The third kappa shape index (κ3) is 10.1. The summed E-state index contributed by atoms with van der Waals surface area (Å²) in [4.78, 5) is 39.4. The lowest BCUT2D eigenvalue weighted by Gasteiger charge is -2.36. The van der Waals surface area contributed by atoms with Crippen molar-refractivity contribution in [3.63, 3.8) is 0 Å². The van der Waals surface area contributed by atoms with Gasteiger partial charge in [0.2, 0.25) is 5.91 Å². The first-order valence-corrected chi connectivity index (χ1v) is 13.5. The van der Waals surface area contributed by atoms with E-state index in [1.165, 1.54) is 17.7 Å². The first-order valence-electron chi connectivity index (χ1n) is 13.5. The van der Waals surface area contributed by atoms with Gasteiger partial charge in [-0.3, -0.25) is 9.69 Å². The van der Waals surface area contributed by atoms with Crippen LogP contribution in [0.1, 0.15) is 70.5 Å². The van der Waals surface area contributed by atoms with E-state index in [0.717, 1.165) is 16.9 Å². The Bertz CT molecular complexity index is 1080. The molecule has 39 heavy (non-hydrogen) atoms. The summed E-state index contributed by atoms with van der Waals surface area (Å²) in [6, 6.07) is 15.4. The molecule has 3 rings (SSSR count). The monoisotopic (exact) mass is 539 g/mol.